The molecule has 0 aliphatic heterocycles. The van der Waals surface area contributed by atoms with E-state index in [-0.39, 0.29) is 5.78 Å². The number of hydrogen-bond acceptors (Lipinski definition) is 3. The Kier molecular flexibility index (Phi) is 46.7. The van der Waals surface area contributed by atoms with E-state index in [1.165, 1.54) is 181 Å². The Balaban J connectivity index is -0.000000680. The first-order valence-electron chi connectivity index (χ1n) is 19.2. The average Bonchev–Trinajstić information content (AvgIpc) is 2.97. The second-order valence-electron chi connectivity index (χ2n) is 13.1. The van der Waals surface area contributed by atoms with Gasteiger partial charge in [0, 0.05) is 12.8 Å². The van der Waals surface area contributed by atoms with E-state index in [9.17, 15) is 14.4 Å². The molecule has 0 bridgehead atoms. The molecule has 5 nitrogen and oxygen atoms in total. The molecule has 44 heavy (non-hydrogen) atoms. The number of carbonyl (C=O) groups excluding carboxylic acids is 1. The first-order chi connectivity index (χ1) is 21.3. The SMILES string of the molecule is CC(C)=O.CCCCCCCCCCCCCCCCCC(=O)O.CCCCCCCCCCCCCCCCCC(=O)O. The lowest BCUT2D eigenvalue weighted by Gasteiger charge is -2.03. The maximum atomic E-state index is 10.3. The summed E-state index contributed by atoms with van der Waals surface area (Å²) in [7, 11) is 0. The van der Waals surface area contributed by atoms with Crippen molar-refractivity contribution in [3.8, 4) is 0 Å². The van der Waals surface area contributed by atoms with Crippen molar-refractivity contribution in [1.82, 2.24) is 0 Å². The zero-order chi connectivity index (χ0) is 33.4. The van der Waals surface area contributed by atoms with E-state index in [2.05, 4.69) is 13.8 Å². The fraction of sp³-hybridized carbons (Fsp3) is 0.923. The summed E-state index contributed by atoms with van der Waals surface area (Å²) < 4.78 is 0. The predicted octanol–water partition coefficient (Wildman–Crippen LogP) is 13.3. The minimum atomic E-state index is -0.653. The van der Waals surface area contributed by atoms with Crippen LogP contribution in [0.15, 0.2) is 0 Å². The number of aliphatic carboxylic acids is 2. The normalized spacial score (nSPS) is 10.5. The molecule has 0 aromatic rings. The van der Waals surface area contributed by atoms with Crippen LogP contribution in [0, 0.1) is 0 Å². The van der Waals surface area contributed by atoms with Crippen molar-refractivity contribution in [3.63, 3.8) is 0 Å². The van der Waals surface area contributed by atoms with Crippen molar-refractivity contribution < 1.29 is 24.6 Å². The molecule has 0 amide bonds. The van der Waals surface area contributed by atoms with Crippen LogP contribution in [-0.2, 0) is 14.4 Å². The highest BCUT2D eigenvalue weighted by molar-refractivity contribution is 5.72. The summed E-state index contributed by atoms with van der Waals surface area (Å²) in [5, 5.41) is 17.0. The van der Waals surface area contributed by atoms with Crippen LogP contribution in [0.4, 0.5) is 0 Å². The molecule has 0 radical (unpaired) electrons. The second kappa shape index (κ2) is 43.7. The van der Waals surface area contributed by atoms with Gasteiger partial charge in [0.2, 0.25) is 0 Å². The molecule has 0 saturated carbocycles. The minimum absolute atomic E-state index is 0.167. The summed E-state index contributed by atoms with van der Waals surface area (Å²) in [4.78, 5) is 30.1. The van der Waals surface area contributed by atoms with Gasteiger partial charge in [-0.15, -0.1) is 0 Å². The van der Waals surface area contributed by atoms with Crippen LogP contribution in [0.1, 0.15) is 233 Å². The van der Waals surface area contributed by atoms with Crippen LogP contribution < -0.4 is 0 Å². The fourth-order valence-electron chi connectivity index (χ4n) is 5.30. The molecule has 264 valence electrons. The van der Waals surface area contributed by atoms with Crippen LogP contribution in [0.3, 0.4) is 0 Å². The summed E-state index contributed by atoms with van der Waals surface area (Å²) in [6.45, 7) is 7.60. The Bertz CT molecular complexity index is 527. The Morgan fingerprint density at radius 2 is 0.455 bits per heavy atom. The average molecular weight is 627 g/mol. The fourth-order valence-corrected chi connectivity index (χ4v) is 5.30. The van der Waals surface area contributed by atoms with E-state index < -0.39 is 11.9 Å². The van der Waals surface area contributed by atoms with Crippen molar-refractivity contribution in [3.05, 3.63) is 0 Å². The number of hydrogen-bond donors (Lipinski definition) is 2. The standard InChI is InChI=1S/2C18H36O2.C3H6O/c2*1-2-3-4-5-6-7-8-9-10-11-12-13-14-15-16-17-18(19)20;1-3(2)4/h2*2-17H2,1H3,(H,19,20);1-2H3. The van der Waals surface area contributed by atoms with E-state index in [1.807, 2.05) is 0 Å². The van der Waals surface area contributed by atoms with E-state index in [1.54, 1.807) is 0 Å². The van der Waals surface area contributed by atoms with Gasteiger partial charge in [-0.2, -0.15) is 0 Å². The van der Waals surface area contributed by atoms with Gasteiger partial charge in [0.25, 0.3) is 0 Å². The minimum Gasteiger partial charge on any atom is -0.481 e. The smallest absolute Gasteiger partial charge is 0.303 e. The first-order valence-corrected chi connectivity index (χ1v) is 19.2. The molecule has 0 fully saturated rings. The molecular weight excluding hydrogens is 548 g/mol. The Morgan fingerprint density at radius 1 is 0.318 bits per heavy atom. The highest BCUT2D eigenvalue weighted by Gasteiger charge is 1.98. The van der Waals surface area contributed by atoms with Gasteiger partial charge in [0.15, 0.2) is 0 Å². The van der Waals surface area contributed by atoms with E-state index in [4.69, 9.17) is 10.2 Å². The number of rotatable bonds is 32. The third-order valence-electron chi connectivity index (χ3n) is 7.99. The zero-order valence-corrected chi connectivity index (χ0v) is 30.2. The molecular formula is C39H78O5. The molecule has 0 heterocycles. The highest BCUT2D eigenvalue weighted by atomic mass is 16.4. The van der Waals surface area contributed by atoms with Crippen molar-refractivity contribution in [1.29, 1.82) is 0 Å². The van der Waals surface area contributed by atoms with Crippen molar-refractivity contribution >= 4 is 17.7 Å². The summed E-state index contributed by atoms with van der Waals surface area (Å²) in [6.07, 6.45) is 40.4. The number of Topliss-reactive ketones (excluding diaryl/α,β-unsaturated/α-hetero) is 1. The molecule has 0 spiro atoms. The first kappa shape index (κ1) is 47.0. The molecule has 0 aliphatic rings. The third-order valence-corrected chi connectivity index (χ3v) is 7.99. The molecule has 0 saturated heterocycles. The van der Waals surface area contributed by atoms with Crippen LogP contribution in [0.25, 0.3) is 0 Å². The summed E-state index contributed by atoms with van der Waals surface area (Å²) in [5.41, 5.74) is 0. The molecule has 0 unspecified atom stereocenters. The summed E-state index contributed by atoms with van der Waals surface area (Å²) in [5.74, 6) is -1.14. The number of carboxylic acids is 2. The summed E-state index contributed by atoms with van der Waals surface area (Å²) >= 11 is 0. The number of carboxylic acid groups (broad SMARTS) is 2. The Labute approximate surface area is 275 Å². The van der Waals surface area contributed by atoms with Crippen LogP contribution >= 0.6 is 0 Å². The van der Waals surface area contributed by atoms with E-state index >= 15 is 0 Å². The van der Waals surface area contributed by atoms with Gasteiger partial charge in [-0.25, -0.2) is 0 Å². The third kappa shape index (κ3) is 59.9. The van der Waals surface area contributed by atoms with Crippen LogP contribution in [0.5, 0.6) is 0 Å². The van der Waals surface area contributed by atoms with Crippen molar-refractivity contribution in [2.45, 2.75) is 233 Å². The van der Waals surface area contributed by atoms with E-state index in [0.717, 1.165) is 25.7 Å². The van der Waals surface area contributed by atoms with Gasteiger partial charge in [-0.1, -0.05) is 194 Å². The molecule has 0 aromatic carbocycles. The quantitative estimate of drug-likeness (QED) is 0.0725. The predicted molar refractivity (Wildman–Crippen MR) is 191 cm³/mol. The van der Waals surface area contributed by atoms with Gasteiger partial charge in [-0.3, -0.25) is 9.59 Å². The zero-order valence-electron chi connectivity index (χ0n) is 30.2. The lowest BCUT2D eigenvalue weighted by atomic mass is 10.0. The molecule has 5 heteroatoms. The number of unbranched alkanes of at least 4 members (excludes halogenated alkanes) is 28. The second-order valence-corrected chi connectivity index (χ2v) is 13.1. The Hall–Kier alpha value is -1.39. The van der Waals surface area contributed by atoms with Gasteiger partial charge < -0.3 is 15.0 Å². The molecule has 0 aliphatic carbocycles. The van der Waals surface area contributed by atoms with Crippen molar-refractivity contribution in [2.75, 3.05) is 0 Å². The molecule has 0 rings (SSSR count). The maximum Gasteiger partial charge on any atom is 0.303 e. The van der Waals surface area contributed by atoms with Crippen molar-refractivity contribution in [2.24, 2.45) is 0 Å². The number of ketones is 1. The van der Waals surface area contributed by atoms with E-state index in [0.29, 0.717) is 12.8 Å². The van der Waals surface area contributed by atoms with Gasteiger partial charge in [-0.05, 0) is 26.7 Å². The Morgan fingerprint density at radius 3 is 0.591 bits per heavy atom. The van der Waals surface area contributed by atoms with Crippen LogP contribution in [-0.4, -0.2) is 27.9 Å². The van der Waals surface area contributed by atoms with Gasteiger partial charge >= 0.3 is 11.9 Å². The monoisotopic (exact) mass is 627 g/mol. The lowest BCUT2D eigenvalue weighted by Crippen LogP contribution is -1.93. The molecule has 0 atom stereocenters. The lowest BCUT2D eigenvalue weighted by molar-refractivity contribution is -0.138. The maximum absolute atomic E-state index is 10.3. The molecule has 0 aromatic heterocycles. The number of carbonyl (C=O) groups is 3. The topological polar surface area (TPSA) is 91.7 Å². The van der Waals surface area contributed by atoms with Crippen LogP contribution in [0.2, 0.25) is 0 Å². The highest BCUT2D eigenvalue weighted by Crippen LogP contribution is 2.15. The molecule has 2 N–H and O–H groups in total. The summed E-state index contributed by atoms with van der Waals surface area (Å²) in [6, 6.07) is 0. The largest absolute Gasteiger partial charge is 0.481 e. The van der Waals surface area contributed by atoms with Gasteiger partial charge in [0.1, 0.15) is 5.78 Å². The van der Waals surface area contributed by atoms with Gasteiger partial charge in [0.05, 0.1) is 0 Å².